The number of halogens is 1. The van der Waals surface area contributed by atoms with Crippen LogP contribution >= 0.6 is 11.6 Å². The van der Waals surface area contributed by atoms with Gasteiger partial charge in [-0.25, -0.2) is 0 Å². The number of nitrogen functional groups attached to an aromatic ring is 1. The smallest absolute Gasteiger partial charge is 0.253 e. The molecule has 1 amide bonds. The summed E-state index contributed by atoms with van der Waals surface area (Å²) >= 11 is 5.95. The molecular weight excluding hydrogens is 272 g/mol. The summed E-state index contributed by atoms with van der Waals surface area (Å²) in [6, 6.07) is 13.0. The molecule has 0 aliphatic rings. The lowest BCUT2D eigenvalue weighted by Crippen LogP contribution is -2.26. The SMILES string of the molecule is Cc1cccc(CN(C)C(=O)c2ccc(N)c(Cl)c2)c1. The van der Waals surface area contributed by atoms with Gasteiger partial charge in [0.25, 0.3) is 5.91 Å². The van der Waals surface area contributed by atoms with Crippen LogP contribution in [0.2, 0.25) is 5.02 Å². The summed E-state index contributed by atoms with van der Waals surface area (Å²) in [7, 11) is 1.77. The number of anilines is 1. The molecule has 2 rings (SSSR count). The van der Waals surface area contributed by atoms with E-state index in [1.165, 1.54) is 5.56 Å². The van der Waals surface area contributed by atoms with Gasteiger partial charge in [-0.15, -0.1) is 0 Å². The van der Waals surface area contributed by atoms with Gasteiger partial charge in [-0.05, 0) is 30.7 Å². The Hall–Kier alpha value is -2.00. The zero-order valence-corrected chi connectivity index (χ0v) is 12.3. The number of rotatable bonds is 3. The topological polar surface area (TPSA) is 46.3 Å². The van der Waals surface area contributed by atoms with Crippen LogP contribution in [0.1, 0.15) is 21.5 Å². The van der Waals surface area contributed by atoms with Gasteiger partial charge in [-0.3, -0.25) is 4.79 Å². The number of hydrogen-bond donors (Lipinski definition) is 1. The third-order valence-electron chi connectivity index (χ3n) is 3.10. The Kier molecular flexibility index (Phi) is 4.30. The quantitative estimate of drug-likeness (QED) is 0.879. The van der Waals surface area contributed by atoms with Gasteiger partial charge in [0.15, 0.2) is 0 Å². The van der Waals surface area contributed by atoms with Crippen molar-refractivity contribution in [3.8, 4) is 0 Å². The van der Waals surface area contributed by atoms with Crippen molar-refractivity contribution in [2.45, 2.75) is 13.5 Å². The molecule has 0 aliphatic carbocycles. The van der Waals surface area contributed by atoms with E-state index in [0.717, 1.165) is 5.56 Å². The van der Waals surface area contributed by atoms with Crippen LogP contribution in [0.5, 0.6) is 0 Å². The molecule has 0 unspecified atom stereocenters. The molecule has 0 radical (unpaired) electrons. The van der Waals surface area contributed by atoms with E-state index < -0.39 is 0 Å². The lowest BCUT2D eigenvalue weighted by molar-refractivity contribution is 0.0785. The van der Waals surface area contributed by atoms with E-state index in [9.17, 15) is 4.79 Å². The molecule has 0 bridgehead atoms. The van der Waals surface area contributed by atoms with Crippen molar-refractivity contribution >= 4 is 23.2 Å². The first-order valence-electron chi connectivity index (χ1n) is 6.33. The fourth-order valence-electron chi connectivity index (χ4n) is 2.04. The van der Waals surface area contributed by atoms with Gasteiger partial charge in [0, 0.05) is 19.2 Å². The van der Waals surface area contributed by atoms with Crippen LogP contribution in [-0.2, 0) is 6.54 Å². The molecule has 3 nitrogen and oxygen atoms in total. The highest BCUT2D eigenvalue weighted by Crippen LogP contribution is 2.20. The number of nitrogens with two attached hydrogens (primary N) is 1. The summed E-state index contributed by atoms with van der Waals surface area (Å²) in [6.07, 6.45) is 0. The summed E-state index contributed by atoms with van der Waals surface area (Å²) in [5.74, 6) is -0.0755. The highest BCUT2D eigenvalue weighted by atomic mass is 35.5. The van der Waals surface area contributed by atoms with Crippen LogP contribution in [-0.4, -0.2) is 17.9 Å². The summed E-state index contributed by atoms with van der Waals surface area (Å²) < 4.78 is 0. The molecule has 0 saturated heterocycles. The van der Waals surface area contributed by atoms with Crippen LogP contribution in [0.4, 0.5) is 5.69 Å². The molecule has 2 aromatic carbocycles. The second kappa shape index (κ2) is 5.97. The van der Waals surface area contributed by atoms with E-state index in [2.05, 4.69) is 6.07 Å². The Bertz CT molecular complexity index is 640. The van der Waals surface area contributed by atoms with E-state index in [-0.39, 0.29) is 5.91 Å². The normalized spacial score (nSPS) is 10.3. The molecule has 2 N–H and O–H groups in total. The number of hydrogen-bond acceptors (Lipinski definition) is 2. The molecule has 20 heavy (non-hydrogen) atoms. The van der Waals surface area contributed by atoms with Gasteiger partial charge in [-0.1, -0.05) is 41.4 Å². The molecule has 0 aliphatic heterocycles. The lowest BCUT2D eigenvalue weighted by atomic mass is 10.1. The maximum Gasteiger partial charge on any atom is 0.253 e. The first-order chi connectivity index (χ1) is 9.47. The molecule has 0 fully saturated rings. The number of carbonyl (C=O) groups excluding carboxylic acids is 1. The van der Waals surface area contributed by atoms with E-state index in [1.807, 2.05) is 25.1 Å². The Balaban J connectivity index is 2.14. The molecule has 0 saturated carbocycles. The van der Waals surface area contributed by atoms with Gasteiger partial charge in [0.1, 0.15) is 0 Å². The van der Waals surface area contributed by atoms with Crippen LogP contribution in [0.25, 0.3) is 0 Å². The van der Waals surface area contributed by atoms with Gasteiger partial charge in [-0.2, -0.15) is 0 Å². The average Bonchev–Trinajstić information content (AvgIpc) is 2.41. The number of amides is 1. The standard InChI is InChI=1S/C16H17ClN2O/c1-11-4-3-5-12(8-11)10-19(2)16(20)13-6-7-15(18)14(17)9-13/h3-9H,10,18H2,1-2H3. The first-order valence-corrected chi connectivity index (χ1v) is 6.71. The van der Waals surface area contributed by atoms with Gasteiger partial charge in [0.05, 0.1) is 10.7 Å². The molecule has 0 aromatic heterocycles. The van der Waals surface area contributed by atoms with Crippen molar-refractivity contribution in [2.24, 2.45) is 0 Å². The average molecular weight is 289 g/mol. The van der Waals surface area contributed by atoms with Crippen LogP contribution in [0, 0.1) is 6.92 Å². The maximum absolute atomic E-state index is 12.3. The third-order valence-corrected chi connectivity index (χ3v) is 3.42. The number of carbonyl (C=O) groups is 1. The van der Waals surface area contributed by atoms with Crippen molar-refractivity contribution in [2.75, 3.05) is 12.8 Å². The minimum absolute atomic E-state index is 0.0755. The molecular formula is C16H17ClN2O. The molecule has 4 heteroatoms. The summed E-state index contributed by atoms with van der Waals surface area (Å²) in [5.41, 5.74) is 8.94. The predicted molar refractivity (Wildman–Crippen MR) is 82.8 cm³/mol. The van der Waals surface area contributed by atoms with Crippen molar-refractivity contribution in [3.63, 3.8) is 0 Å². The zero-order chi connectivity index (χ0) is 14.7. The minimum Gasteiger partial charge on any atom is -0.398 e. The highest BCUT2D eigenvalue weighted by Gasteiger charge is 2.13. The van der Waals surface area contributed by atoms with Gasteiger partial charge >= 0.3 is 0 Å². The number of benzene rings is 2. The summed E-state index contributed by atoms with van der Waals surface area (Å²) in [4.78, 5) is 14.0. The van der Waals surface area contributed by atoms with Crippen molar-refractivity contribution < 1.29 is 4.79 Å². The maximum atomic E-state index is 12.3. The molecule has 104 valence electrons. The molecule has 0 spiro atoms. The molecule has 0 atom stereocenters. The van der Waals surface area contributed by atoms with Gasteiger partial charge in [0.2, 0.25) is 0 Å². The fraction of sp³-hybridized carbons (Fsp3) is 0.188. The minimum atomic E-state index is -0.0755. The van der Waals surface area contributed by atoms with E-state index >= 15 is 0 Å². The van der Waals surface area contributed by atoms with E-state index in [1.54, 1.807) is 30.1 Å². The van der Waals surface area contributed by atoms with Crippen LogP contribution in [0.3, 0.4) is 0 Å². The summed E-state index contributed by atoms with van der Waals surface area (Å²) in [5, 5.41) is 0.403. The predicted octanol–water partition coefficient (Wildman–Crippen LogP) is 3.50. The van der Waals surface area contributed by atoms with Gasteiger partial charge < -0.3 is 10.6 Å². The second-order valence-electron chi connectivity index (χ2n) is 4.89. The molecule has 0 heterocycles. The largest absolute Gasteiger partial charge is 0.398 e. The van der Waals surface area contributed by atoms with Crippen LogP contribution < -0.4 is 5.73 Å². The lowest BCUT2D eigenvalue weighted by Gasteiger charge is -2.18. The van der Waals surface area contributed by atoms with Crippen molar-refractivity contribution in [1.82, 2.24) is 4.90 Å². The monoisotopic (exact) mass is 288 g/mol. The van der Waals surface area contributed by atoms with E-state index in [4.69, 9.17) is 17.3 Å². The number of aryl methyl sites for hydroxylation is 1. The first kappa shape index (κ1) is 14.4. The molecule has 2 aromatic rings. The van der Waals surface area contributed by atoms with E-state index in [0.29, 0.717) is 22.8 Å². The zero-order valence-electron chi connectivity index (χ0n) is 11.6. The highest BCUT2D eigenvalue weighted by molar-refractivity contribution is 6.33. The fourth-order valence-corrected chi connectivity index (χ4v) is 2.22. The summed E-state index contributed by atoms with van der Waals surface area (Å²) in [6.45, 7) is 2.59. The Morgan fingerprint density at radius 1 is 1.25 bits per heavy atom. The third kappa shape index (κ3) is 3.31. The Labute approximate surface area is 124 Å². The Morgan fingerprint density at radius 3 is 2.65 bits per heavy atom. The second-order valence-corrected chi connectivity index (χ2v) is 5.29. The van der Waals surface area contributed by atoms with Crippen molar-refractivity contribution in [1.29, 1.82) is 0 Å². The Morgan fingerprint density at radius 2 is 2.00 bits per heavy atom. The van der Waals surface area contributed by atoms with Crippen LogP contribution in [0.15, 0.2) is 42.5 Å². The van der Waals surface area contributed by atoms with Crippen molar-refractivity contribution in [3.05, 3.63) is 64.2 Å². The number of nitrogens with zero attached hydrogens (tertiary/aromatic N) is 1.